The van der Waals surface area contributed by atoms with Gasteiger partial charge in [0, 0.05) is 10.9 Å². The van der Waals surface area contributed by atoms with Crippen LogP contribution in [0.4, 0.5) is 4.39 Å². The van der Waals surface area contributed by atoms with E-state index in [9.17, 15) is 4.39 Å². The highest BCUT2D eigenvalue weighted by molar-refractivity contribution is 9.09. The van der Waals surface area contributed by atoms with Crippen LogP contribution in [0.5, 0.6) is 5.75 Å². The zero-order valence-corrected chi connectivity index (χ0v) is 8.84. The van der Waals surface area contributed by atoms with Crippen molar-refractivity contribution in [2.45, 2.75) is 0 Å². The van der Waals surface area contributed by atoms with E-state index in [1.165, 1.54) is 12.1 Å². The van der Waals surface area contributed by atoms with Gasteiger partial charge in [0.05, 0.1) is 7.11 Å². The number of allylic oxidation sites excluding steroid dienone is 1. The maximum atomic E-state index is 12.8. The fourth-order valence-electron chi connectivity index (χ4n) is 1.01. The van der Waals surface area contributed by atoms with Gasteiger partial charge in [-0.05, 0) is 18.2 Å². The van der Waals surface area contributed by atoms with Gasteiger partial charge in [-0.1, -0.05) is 28.1 Å². The molecular weight excluding hydrogens is 235 g/mol. The molecule has 1 rings (SSSR count). The van der Waals surface area contributed by atoms with Crippen molar-refractivity contribution in [2.24, 2.45) is 0 Å². The van der Waals surface area contributed by atoms with Crippen LogP contribution in [-0.2, 0) is 0 Å². The Labute approximate surface area is 85.3 Å². The first-order chi connectivity index (χ1) is 6.27. The maximum Gasteiger partial charge on any atom is 0.126 e. The predicted molar refractivity (Wildman–Crippen MR) is 55.8 cm³/mol. The second-order valence-corrected chi connectivity index (χ2v) is 3.09. The highest BCUT2D eigenvalue weighted by Crippen LogP contribution is 2.20. The minimum absolute atomic E-state index is 0.255. The molecule has 0 unspecified atom stereocenters. The standard InChI is InChI=1S/C10H10BrFO/c1-13-10-5-4-9(12)7-8(10)3-2-6-11/h2-5,7H,6H2,1H3. The first-order valence-electron chi connectivity index (χ1n) is 3.84. The highest BCUT2D eigenvalue weighted by Gasteiger charge is 1.99. The molecule has 70 valence electrons. The first kappa shape index (κ1) is 10.3. The monoisotopic (exact) mass is 244 g/mol. The minimum atomic E-state index is -0.255. The molecule has 3 heteroatoms. The summed E-state index contributed by atoms with van der Waals surface area (Å²) in [5, 5.41) is 0.743. The Morgan fingerprint density at radius 2 is 2.31 bits per heavy atom. The van der Waals surface area contributed by atoms with E-state index in [0.29, 0.717) is 5.75 Å². The smallest absolute Gasteiger partial charge is 0.126 e. The van der Waals surface area contributed by atoms with Crippen molar-refractivity contribution < 1.29 is 9.13 Å². The summed E-state index contributed by atoms with van der Waals surface area (Å²) in [5.41, 5.74) is 0.752. The second-order valence-electron chi connectivity index (χ2n) is 2.44. The molecule has 0 N–H and O–H groups in total. The molecular formula is C10H10BrFO. The van der Waals surface area contributed by atoms with E-state index in [-0.39, 0.29) is 5.82 Å². The van der Waals surface area contributed by atoms with Crippen molar-refractivity contribution in [3.63, 3.8) is 0 Å². The summed E-state index contributed by atoms with van der Waals surface area (Å²) in [7, 11) is 1.57. The van der Waals surface area contributed by atoms with Crippen molar-refractivity contribution in [1.29, 1.82) is 0 Å². The van der Waals surface area contributed by atoms with E-state index < -0.39 is 0 Å². The van der Waals surface area contributed by atoms with Gasteiger partial charge >= 0.3 is 0 Å². The molecule has 0 radical (unpaired) electrons. The molecule has 13 heavy (non-hydrogen) atoms. The van der Waals surface area contributed by atoms with Gasteiger partial charge in [0.1, 0.15) is 11.6 Å². The Morgan fingerprint density at radius 3 is 2.92 bits per heavy atom. The summed E-state index contributed by atoms with van der Waals surface area (Å²) < 4.78 is 17.9. The van der Waals surface area contributed by atoms with E-state index in [1.54, 1.807) is 13.2 Å². The summed E-state index contributed by atoms with van der Waals surface area (Å²) in [5.74, 6) is 0.425. The topological polar surface area (TPSA) is 9.23 Å². The molecule has 0 aliphatic rings. The van der Waals surface area contributed by atoms with Gasteiger partial charge in [0.15, 0.2) is 0 Å². The zero-order chi connectivity index (χ0) is 9.68. The van der Waals surface area contributed by atoms with Gasteiger partial charge in [0.25, 0.3) is 0 Å². The number of methoxy groups -OCH3 is 1. The Morgan fingerprint density at radius 1 is 1.54 bits per heavy atom. The molecule has 0 amide bonds. The number of rotatable bonds is 3. The molecule has 0 aliphatic carbocycles. The van der Waals surface area contributed by atoms with Crippen LogP contribution in [0.15, 0.2) is 24.3 Å². The molecule has 0 atom stereocenters. The van der Waals surface area contributed by atoms with Crippen LogP contribution in [0.3, 0.4) is 0 Å². The number of hydrogen-bond acceptors (Lipinski definition) is 1. The third-order valence-electron chi connectivity index (χ3n) is 1.58. The molecule has 1 nitrogen and oxygen atoms in total. The maximum absolute atomic E-state index is 12.8. The van der Waals surface area contributed by atoms with Gasteiger partial charge in [-0.25, -0.2) is 4.39 Å². The molecule has 0 aliphatic heterocycles. The van der Waals surface area contributed by atoms with Crippen LogP contribution in [0.25, 0.3) is 6.08 Å². The summed E-state index contributed by atoms with van der Waals surface area (Å²) >= 11 is 3.25. The predicted octanol–water partition coefficient (Wildman–Crippen LogP) is 3.24. The third kappa shape index (κ3) is 2.84. The second kappa shape index (κ2) is 5.02. The van der Waals surface area contributed by atoms with E-state index >= 15 is 0 Å². The van der Waals surface area contributed by atoms with E-state index in [0.717, 1.165) is 10.9 Å². The molecule has 0 spiro atoms. The van der Waals surface area contributed by atoms with E-state index in [1.807, 2.05) is 12.2 Å². The van der Waals surface area contributed by atoms with E-state index in [2.05, 4.69) is 15.9 Å². The molecule has 1 aromatic rings. The summed E-state index contributed by atoms with van der Waals surface area (Å²) in [4.78, 5) is 0. The quantitative estimate of drug-likeness (QED) is 0.743. The molecule has 1 aromatic carbocycles. The largest absolute Gasteiger partial charge is 0.496 e. The first-order valence-corrected chi connectivity index (χ1v) is 4.96. The Hall–Kier alpha value is -0.830. The van der Waals surface area contributed by atoms with Crippen molar-refractivity contribution in [2.75, 3.05) is 12.4 Å². The SMILES string of the molecule is COc1ccc(F)cc1C=CCBr. The molecule has 0 fully saturated rings. The third-order valence-corrected chi connectivity index (χ3v) is 1.95. The Balaban J connectivity index is 3.01. The van der Waals surface area contributed by atoms with Gasteiger partial charge in [0.2, 0.25) is 0 Å². The van der Waals surface area contributed by atoms with Gasteiger partial charge in [-0.2, -0.15) is 0 Å². The summed E-state index contributed by atoms with van der Waals surface area (Å²) in [6, 6.07) is 4.44. The van der Waals surface area contributed by atoms with Crippen molar-refractivity contribution in [1.82, 2.24) is 0 Å². The lowest BCUT2D eigenvalue weighted by atomic mass is 10.2. The average Bonchev–Trinajstić information content (AvgIpc) is 2.15. The lowest BCUT2D eigenvalue weighted by molar-refractivity contribution is 0.412. The lowest BCUT2D eigenvalue weighted by Crippen LogP contribution is -1.87. The molecule has 0 bridgehead atoms. The van der Waals surface area contributed by atoms with Crippen LogP contribution in [0.2, 0.25) is 0 Å². The summed E-state index contributed by atoms with van der Waals surface area (Å²) in [6.07, 6.45) is 3.70. The normalized spacial score (nSPS) is 10.7. The number of alkyl halides is 1. The Bertz CT molecular complexity index is 310. The van der Waals surface area contributed by atoms with Gasteiger partial charge in [-0.15, -0.1) is 0 Å². The van der Waals surface area contributed by atoms with Crippen LogP contribution in [-0.4, -0.2) is 12.4 Å². The average molecular weight is 245 g/mol. The van der Waals surface area contributed by atoms with Crippen molar-refractivity contribution in [3.05, 3.63) is 35.7 Å². The number of ether oxygens (including phenoxy) is 1. The van der Waals surface area contributed by atoms with E-state index in [4.69, 9.17) is 4.74 Å². The fraction of sp³-hybridized carbons (Fsp3) is 0.200. The summed E-state index contributed by atoms with van der Waals surface area (Å²) in [6.45, 7) is 0. The minimum Gasteiger partial charge on any atom is -0.496 e. The van der Waals surface area contributed by atoms with Gasteiger partial charge in [-0.3, -0.25) is 0 Å². The number of hydrogen-bond donors (Lipinski definition) is 0. The van der Waals surface area contributed by atoms with Crippen molar-refractivity contribution >= 4 is 22.0 Å². The van der Waals surface area contributed by atoms with Crippen molar-refractivity contribution in [3.8, 4) is 5.75 Å². The molecule has 0 saturated carbocycles. The van der Waals surface area contributed by atoms with Gasteiger partial charge < -0.3 is 4.74 Å². The molecule has 0 saturated heterocycles. The Kier molecular flexibility index (Phi) is 3.96. The zero-order valence-electron chi connectivity index (χ0n) is 7.26. The number of halogens is 2. The number of benzene rings is 1. The van der Waals surface area contributed by atoms with Crippen LogP contribution in [0.1, 0.15) is 5.56 Å². The lowest BCUT2D eigenvalue weighted by Gasteiger charge is -2.03. The molecule has 0 heterocycles. The van der Waals surface area contributed by atoms with Crippen LogP contribution < -0.4 is 4.74 Å². The molecule has 0 aromatic heterocycles. The van der Waals surface area contributed by atoms with Crippen LogP contribution in [0, 0.1) is 5.82 Å². The fourth-order valence-corrected chi connectivity index (χ4v) is 1.19. The van der Waals surface area contributed by atoms with Crippen LogP contribution >= 0.6 is 15.9 Å². The highest BCUT2D eigenvalue weighted by atomic mass is 79.9.